The Balaban J connectivity index is 2.10. The first-order valence-electron chi connectivity index (χ1n) is 9.39. The fourth-order valence-electron chi connectivity index (χ4n) is 3.95. The Morgan fingerprint density at radius 3 is 1.76 bits per heavy atom. The summed E-state index contributed by atoms with van der Waals surface area (Å²) in [6.45, 7) is 0. The van der Waals surface area contributed by atoms with Gasteiger partial charge in [0.1, 0.15) is 10.6 Å². The molecule has 0 aliphatic heterocycles. The van der Waals surface area contributed by atoms with E-state index in [1.54, 1.807) is 0 Å². The summed E-state index contributed by atoms with van der Waals surface area (Å²) in [5.41, 5.74) is -7.78. The van der Waals surface area contributed by atoms with E-state index in [9.17, 15) is 48.3 Å². The standard InChI is InChI=1S/C20H15F8NO4S/c21-13-5-7-15(8-6-13)34(32,33)17(9-14(10-17)29-16(30)31)11-1-3-12(4-2-11)18(22,19(23,24)25)20(26,27)28/h1-8,14,29H,9-10H2,(H,30,31)/t14-,17+. The van der Waals surface area contributed by atoms with Crippen LogP contribution in [0.2, 0.25) is 0 Å². The van der Waals surface area contributed by atoms with E-state index in [1.165, 1.54) is 0 Å². The lowest BCUT2D eigenvalue weighted by atomic mass is 9.74. The Bertz CT molecular complexity index is 1160. The average Bonchev–Trinajstić information content (AvgIpc) is 2.68. The second-order valence-electron chi connectivity index (χ2n) is 7.74. The molecule has 1 aliphatic rings. The molecule has 0 heterocycles. The van der Waals surface area contributed by atoms with E-state index >= 15 is 0 Å². The van der Waals surface area contributed by atoms with Crippen LogP contribution in [0, 0.1) is 5.82 Å². The van der Waals surface area contributed by atoms with Gasteiger partial charge in [0, 0.05) is 11.6 Å². The molecule has 34 heavy (non-hydrogen) atoms. The van der Waals surface area contributed by atoms with Crippen molar-refractivity contribution in [2.24, 2.45) is 0 Å². The van der Waals surface area contributed by atoms with E-state index < -0.39 is 73.9 Å². The van der Waals surface area contributed by atoms with E-state index in [2.05, 4.69) is 0 Å². The Kier molecular flexibility index (Phi) is 6.13. The normalized spacial score (nSPS) is 21.6. The van der Waals surface area contributed by atoms with Gasteiger partial charge >= 0.3 is 24.1 Å². The first kappa shape index (κ1) is 25.7. The molecule has 0 unspecified atom stereocenters. The van der Waals surface area contributed by atoms with Gasteiger partial charge in [0.05, 0.1) is 4.90 Å². The van der Waals surface area contributed by atoms with E-state index in [-0.39, 0.29) is 17.7 Å². The molecule has 2 N–H and O–H groups in total. The summed E-state index contributed by atoms with van der Waals surface area (Å²) < 4.78 is 130. The Labute approximate surface area is 187 Å². The third-order valence-electron chi connectivity index (χ3n) is 5.71. The summed E-state index contributed by atoms with van der Waals surface area (Å²) in [6, 6.07) is 4.22. The quantitative estimate of drug-likeness (QED) is 0.421. The number of halogens is 8. The zero-order valence-electron chi connectivity index (χ0n) is 16.7. The van der Waals surface area contributed by atoms with Crippen molar-refractivity contribution in [1.82, 2.24) is 5.32 Å². The molecule has 0 bridgehead atoms. The number of carboxylic acid groups (broad SMARTS) is 1. The molecule has 5 nitrogen and oxygen atoms in total. The molecule has 1 saturated carbocycles. The minimum Gasteiger partial charge on any atom is -0.465 e. The molecule has 1 aliphatic carbocycles. The second kappa shape index (κ2) is 8.10. The largest absolute Gasteiger partial charge is 0.465 e. The molecule has 3 rings (SSSR count). The van der Waals surface area contributed by atoms with E-state index in [1.807, 2.05) is 5.32 Å². The van der Waals surface area contributed by atoms with Crippen molar-refractivity contribution >= 4 is 15.9 Å². The van der Waals surface area contributed by atoms with Gasteiger partial charge in [-0.3, -0.25) is 0 Å². The zero-order chi connectivity index (χ0) is 25.7. The molecule has 186 valence electrons. The number of carbonyl (C=O) groups is 1. The maximum Gasteiger partial charge on any atom is 0.435 e. The molecule has 2 aromatic rings. The molecule has 0 saturated heterocycles. The van der Waals surface area contributed by atoms with Crippen LogP contribution in [0.25, 0.3) is 0 Å². The van der Waals surface area contributed by atoms with Crippen molar-refractivity contribution in [1.29, 1.82) is 0 Å². The average molecular weight is 517 g/mol. The van der Waals surface area contributed by atoms with Gasteiger partial charge in [-0.2, -0.15) is 26.3 Å². The van der Waals surface area contributed by atoms with Crippen molar-refractivity contribution in [3.05, 3.63) is 65.5 Å². The molecule has 14 heteroatoms. The van der Waals surface area contributed by atoms with Gasteiger partial charge in [0.15, 0.2) is 9.84 Å². The summed E-state index contributed by atoms with van der Waals surface area (Å²) in [5, 5.41) is 10.9. The highest BCUT2D eigenvalue weighted by atomic mass is 32.2. The molecule has 2 aromatic carbocycles. The van der Waals surface area contributed by atoms with Crippen molar-refractivity contribution in [3.8, 4) is 0 Å². The van der Waals surface area contributed by atoms with Crippen molar-refractivity contribution in [3.63, 3.8) is 0 Å². The molecular weight excluding hydrogens is 502 g/mol. The molecular formula is C20H15F8NO4S. The SMILES string of the molecule is O=C(O)N[C@H]1C[C@@](c2ccc(C(F)(C(F)(F)F)C(F)(F)F)cc2)(S(=O)(=O)c2ccc(F)cc2)C1. The van der Waals surface area contributed by atoms with Crippen molar-refractivity contribution in [2.45, 2.75) is 46.5 Å². The molecule has 1 amide bonds. The van der Waals surface area contributed by atoms with Gasteiger partial charge in [-0.25, -0.2) is 22.0 Å². The highest BCUT2D eigenvalue weighted by Crippen LogP contribution is 2.55. The van der Waals surface area contributed by atoms with Crippen LogP contribution in [0.5, 0.6) is 0 Å². The third kappa shape index (κ3) is 3.97. The Morgan fingerprint density at radius 1 is 0.882 bits per heavy atom. The summed E-state index contributed by atoms with van der Waals surface area (Å²) in [4.78, 5) is 10.5. The molecule has 0 atom stereocenters. The van der Waals surface area contributed by atoms with Crippen molar-refractivity contribution in [2.75, 3.05) is 0 Å². The first-order chi connectivity index (χ1) is 15.5. The zero-order valence-corrected chi connectivity index (χ0v) is 17.5. The van der Waals surface area contributed by atoms with Gasteiger partial charge in [-0.15, -0.1) is 0 Å². The summed E-state index contributed by atoms with van der Waals surface area (Å²) in [7, 11) is -4.45. The smallest absolute Gasteiger partial charge is 0.435 e. The van der Waals surface area contributed by atoms with E-state index in [0.717, 1.165) is 24.3 Å². The minimum atomic E-state index is -6.35. The number of rotatable bonds is 5. The van der Waals surface area contributed by atoms with Gasteiger partial charge < -0.3 is 10.4 Å². The number of nitrogens with one attached hydrogen (secondary N) is 1. The maximum absolute atomic E-state index is 14.3. The Hall–Kier alpha value is -2.90. The third-order valence-corrected chi connectivity index (χ3v) is 8.20. The fraction of sp³-hybridized carbons (Fsp3) is 0.350. The van der Waals surface area contributed by atoms with Gasteiger partial charge in [-0.05, 0) is 42.7 Å². The van der Waals surface area contributed by atoms with Crippen LogP contribution in [-0.2, 0) is 20.3 Å². The summed E-state index contributed by atoms with van der Waals surface area (Å²) in [6.07, 6.45) is -15.0. The molecule has 0 aromatic heterocycles. The Morgan fingerprint density at radius 2 is 1.35 bits per heavy atom. The van der Waals surface area contributed by atoms with Crippen LogP contribution in [0.3, 0.4) is 0 Å². The number of benzene rings is 2. The lowest BCUT2D eigenvalue weighted by Crippen LogP contribution is -2.56. The monoisotopic (exact) mass is 517 g/mol. The van der Waals surface area contributed by atoms with Crippen LogP contribution >= 0.6 is 0 Å². The van der Waals surface area contributed by atoms with Crippen LogP contribution in [0.4, 0.5) is 39.9 Å². The number of alkyl halides is 7. The highest BCUT2D eigenvalue weighted by Gasteiger charge is 2.73. The lowest BCUT2D eigenvalue weighted by molar-refractivity contribution is -0.348. The first-order valence-corrected chi connectivity index (χ1v) is 10.9. The van der Waals surface area contributed by atoms with Gasteiger partial charge in [0.25, 0.3) is 0 Å². The van der Waals surface area contributed by atoms with Crippen LogP contribution < -0.4 is 5.32 Å². The predicted molar refractivity (Wildman–Crippen MR) is 101 cm³/mol. The van der Waals surface area contributed by atoms with Crippen LogP contribution in [-0.4, -0.2) is 38.0 Å². The fourth-order valence-corrected chi connectivity index (χ4v) is 6.19. The lowest BCUT2D eigenvalue weighted by Gasteiger charge is -2.47. The molecule has 1 fully saturated rings. The van der Waals surface area contributed by atoms with Gasteiger partial charge in [-0.1, -0.05) is 24.3 Å². The predicted octanol–water partition coefficient (Wildman–Crippen LogP) is 5.21. The topological polar surface area (TPSA) is 83.5 Å². The summed E-state index contributed by atoms with van der Waals surface area (Å²) >= 11 is 0. The number of sulfone groups is 1. The number of hydrogen-bond acceptors (Lipinski definition) is 3. The van der Waals surface area contributed by atoms with Crippen LogP contribution in [0.1, 0.15) is 24.0 Å². The minimum absolute atomic E-state index is 0.191. The van der Waals surface area contributed by atoms with E-state index in [0.29, 0.717) is 12.1 Å². The number of hydrogen-bond donors (Lipinski definition) is 2. The van der Waals surface area contributed by atoms with Crippen LogP contribution in [0.15, 0.2) is 53.4 Å². The molecule has 0 spiro atoms. The summed E-state index contributed by atoms with van der Waals surface area (Å²) in [5.74, 6) is -0.769. The second-order valence-corrected chi connectivity index (χ2v) is 10.00. The van der Waals surface area contributed by atoms with E-state index in [4.69, 9.17) is 5.11 Å². The molecule has 0 radical (unpaired) electrons. The van der Waals surface area contributed by atoms with Gasteiger partial charge in [0.2, 0.25) is 0 Å². The van der Waals surface area contributed by atoms with Crippen molar-refractivity contribution < 1.29 is 53.4 Å². The maximum atomic E-state index is 14.3. The number of amides is 1. The highest BCUT2D eigenvalue weighted by molar-refractivity contribution is 7.92.